The second-order valence-electron chi connectivity index (χ2n) is 3.28. The van der Waals surface area contributed by atoms with Gasteiger partial charge in [0.15, 0.2) is 5.69 Å². The third-order valence-electron chi connectivity index (χ3n) is 2.02. The summed E-state index contributed by atoms with van der Waals surface area (Å²) in [5.41, 5.74) is 1.42. The molecule has 2 aromatic heterocycles. The standard InChI is InChI=1S/C9H9BrN4OS/c1-14(4-6-2-8(10)16-5-6)9(15)7-3-11-13-12-7/h2-3,5H,4H2,1H3,(H,11,12,13). The van der Waals surface area contributed by atoms with Gasteiger partial charge in [-0.25, -0.2) is 0 Å². The minimum Gasteiger partial charge on any atom is -0.336 e. The van der Waals surface area contributed by atoms with Crippen molar-refractivity contribution in [2.24, 2.45) is 0 Å². The highest BCUT2D eigenvalue weighted by Crippen LogP contribution is 2.21. The van der Waals surface area contributed by atoms with E-state index < -0.39 is 0 Å². The molecular weight excluding hydrogens is 292 g/mol. The number of nitrogens with zero attached hydrogens (tertiary/aromatic N) is 3. The molecule has 0 atom stereocenters. The molecule has 1 N–H and O–H groups in total. The van der Waals surface area contributed by atoms with Crippen LogP contribution in [0.5, 0.6) is 0 Å². The van der Waals surface area contributed by atoms with Crippen molar-refractivity contribution in [3.8, 4) is 0 Å². The van der Waals surface area contributed by atoms with Gasteiger partial charge in [0.2, 0.25) is 0 Å². The van der Waals surface area contributed by atoms with Crippen molar-refractivity contribution in [3.05, 3.63) is 32.7 Å². The van der Waals surface area contributed by atoms with Crippen LogP contribution in [0, 0.1) is 0 Å². The number of hydrogen-bond donors (Lipinski definition) is 1. The number of hydrogen-bond acceptors (Lipinski definition) is 4. The zero-order valence-corrected chi connectivity index (χ0v) is 10.9. The molecule has 0 spiro atoms. The fraction of sp³-hybridized carbons (Fsp3) is 0.222. The lowest BCUT2D eigenvalue weighted by molar-refractivity contribution is 0.0779. The largest absolute Gasteiger partial charge is 0.336 e. The van der Waals surface area contributed by atoms with Gasteiger partial charge in [-0.2, -0.15) is 15.4 Å². The number of nitrogens with one attached hydrogen (secondary N) is 1. The first-order valence-corrected chi connectivity index (χ1v) is 6.18. The van der Waals surface area contributed by atoms with Gasteiger partial charge in [-0.1, -0.05) is 0 Å². The van der Waals surface area contributed by atoms with Gasteiger partial charge in [0, 0.05) is 13.6 Å². The predicted octanol–water partition coefficient (Wildman–Crippen LogP) is 1.90. The summed E-state index contributed by atoms with van der Waals surface area (Å²) in [6.07, 6.45) is 1.42. The summed E-state index contributed by atoms with van der Waals surface area (Å²) >= 11 is 4.99. The average molecular weight is 301 g/mol. The smallest absolute Gasteiger partial charge is 0.276 e. The minimum atomic E-state index is -0.143. The Morgan fingerprint density at radius 2 is 2.50 bits per heavy atom. The number of carbonyl (C=O) groups excluding carboxylic acids is 1. The number of amides is 1. The van der Waals surface area contributed by atoms with E-state index in [2.05, 4.69) is 31.3 Å². The van der Waals surface area contributed by atoms with E-state index in [-0.39, 0.29) is 5.91 Å². The van der Waals surface area contributed by atoms with E-state index in [0.29, 0.717) is 12.2 Å². The van der Waals surface area contributed by atoms with E-state index in [4.69, 9.17) is 0 Å². The third kappa shape index (κ3) is 2.48. The minimum absolute atomic E-state index is 0.143. The fourth-order valence-electron chi connectivity index (χ4n) is 1.27. The van der Waals surface area contributed by atoms with Gasteiger partial charge in [-0.05, 0) is 32.9 Å². The Hall–Kier alpha value is -1.21. The van der Waals surface area contributed by atoms with Crippen molar-refractivity contribution in [2.75, 3.05) is 7.05 Å². The van der Waals surface area contributed by atoms with Crippen LogP contribution in [0.3, 0.4) is 0 Å². The molecule has 0 saturated heterocycles. The first kappa shape index (κ1) is 11.3. The molecule has 1 amide bonds. The third-order valence-corrected chi connectivity index (χ3v) is 3.58. The van der Waals surface area contributed by atoms with E-state index in [1.807, 2.05) is 11.4 Å². The molecule has 0 aliphatic carbocycles. The van der Waals surface area contributed by atoms with Gasteiger partial charge in [-0.3, -0.25) is 4.79 Å². The van der Waals surface area contributed by atoms with E-state index in [1.54, 1.807) is 23.3 Å². The van der Waals surface area contributed by atoms with Crippen LogP contribution in [0.4, 0.5) is 0 Å². The topological polar surface area (TPSA) is 61.9 Å². The maximum atomic E-state index is 11.8. The highest BCUT2D eigenvalue weighted by Gasteiger charge is 2.14. The molecule has 16 heavy (non-hydrogen) atoms. The summed E-state index contributed by atoms with van der Waals surface area (Å²) in [6.45, 7) is 0.563. The van der Waals surface area contributed by atoms with Crippen LogP contribution in [0.1, 0.15) is 16.1 Å². The van der Waals surface area contributed by atoms with Gasteiger partial charge < -0.3 is 4.90 Å². The van der Waals surface area contributed by atoms with Crippen molar-refractivity contribution in [1.82, 2.24) is 20.3 Å². The molecule has 0 saturated carbocycles. The van der Waals surface area contributed by atoms with Crippen LogP contribution in [-0.4, -0.2) is 33.3 Å². The molecule has 0 aliphatic rings. The van der Waals surface area contributed by atoms with Gasteiger partial charge in [0.1, 0.15) is 0 Å². The van der Waals surface area contributed by atoms with Gasteiger partial charge in [-0.15, -0.1) is 11.3 Å². The highest BCUT2D eigenvalue weighted by molar-refractivity contribution is 9.11. The van der Waals surface area contributed by atoms with Gasteiger partial charge in [0.25, 0.3) is 5.91 Å². The van der Waals surface area contributed by atoms with Crippen molar-refractivity contribution in [2.45, 2.75) is 6.54 Å². The van der Waals surface area contributed by atoms with Gasteiger partial charge in [0.05, 0.1) is 9.98 Å². The molecule has 2 aromatic rings. The molecule has 2 heterocycles. The molecular formula is C9H9BrN4OS. The van der Waals surface area contributed by atoms with Crippen molar-refractivity contribution in [3.63, 3.8) is 0 Å². The molecule has 2 rings (SSSR count). The molecule has 0 radical (unpaired) electrons. The lowest BCUT2D eigenvalue weighted by atomic mass is 10.3. The fourth-order valence-corrected chi connectivity index (χ4v) is 2.47. The van der Waals surface area contributed by atoms with E-state index in [0.717, 1.165) is 9.35 Å². The van der Waals surface area contributed by atoms with Crippen LogP contribution in [-0.2, 0) is 6.54 Å². The zero-order chi connectivity index (χ0) is 11.5. The molecule has 0 bridgehead atoms. The van der Waals surface area contributed by atoms with Crippen molar-refractivity contribution in [1.29, 1.82) is 0 Å². The molecule has 5 nitrogen and oxygen atoms in total. The van der Waals surface area contributed by atoms with Crippen molar-refractivity contribution < 1.29 is 4.79 Å². The number of aromatic nitrogens is 3. The van der Waals surface area contributed by atoms with Crippen LogP contribution in [0.15, 0.2) is 21.4 Å². The van der Waals surface area contributed by atoms with Crippen LogP contribution < -0.4 is 0 Å². The monoisotopic (exact) mass is 300 g/mol. The summed E-state index contributed by atoms with van der Waals surface area (Å²) in [4.78, 5) is 13.4. The molecule has 0 aliphatic heterocycles. The normalized spacial score (nSPS) is 10.4. The Bertz CT molecular complexity index is 481. The molecule has 84 valence electrons. The Morgan fingerprint density at radius 3 is 3.06 bits per heavy atom. The Kier molecular flexibility index (Phi) is 3.35. The lowest BCUT2D eigenvalue weighted by Crippen LogP contribution is -2.26. The highest BCUT2D eigenvalue weighted by atomic mass is 79.9. The van der Waals surface area contributed by atoms with E-state index in [1.165, 1.54) is 6.20 Å². The van der Waals surface area contributed by atoms with Crippen LogP contribution in [0.2, 0.25) is 0 Å². The Morgan fingerprint density at radius 1 is 1.69 bits per heavy atom. The summed E-state index contributed by atoms with van der Waals surface area (Å²) in [5, 5.41) is 11.8. The van der Waals surface area contributed by atoms with E-state index in [9.17, 15) is 4.79 Å². The quantitative estimate of drug-likeness (QED) is 0.942. The number of thiophene rings is 1. The second-order valence-corrected chi connectivity index (χ2v) is 5.57. The number of aromatic amines is 1. The SMILES string of the molecule is CN(Cc1csc(Br)c1)C(=O)c1cn[nH]n1. The maximum Gasteiger partial charge on any atom is 0.276 e. The lowest BCUT2D eigenvalue weighted by Gasteiger charge is -2.14. The van der Waals surface area contributed by atoms with Gasteiger partial charge >= 0.3 is 0 Å². The average Bonchev–Trinajstić information content (AvgIpc) is 2.88. The number of rotatable bonds is 3. The summed E-state index contributed by atoms with van der Waals surface area (Å²) < 4.78 is 1.06. The number of halogens is 1. The zero-order valence-electron chi connectivity index (χ0n) is 8.48. The Balaban J connectivity index is 2.03. The number of H-pyrrole nitrogens is 1. The summed E-state index contributed by atoms with van der Waals surface area (Å²) in [5.74, 6) is -0.143. The maximum absolute atomic E-state index is 11.8. The molecule has 7 heteroatoms. The second kappa shape index (κ2) is 4.75. The summed E-state index contributed by atoms with van der Waals surface area (Å²) in [7, 11) is 1.74. The molecule has 0 aromatic carbocycles. The first-order chi connectivity index (χ1) is 7.66. The first-order valence-electron chi connectivity index (χ1n) is 4.51. The van der Waals surface area contributed by atoms with Crippen LogP contribution in [0.25, 0.3) is 0 Å². The summed E-state index contributed by atoms with van der Waals surface area (Å²) in [6, 6.07) is 2.00. The molecule has 0 unspecified atom stereocenters. The van der Waals surface area contributed by atoms with Crippen molar-refractivity contribution >= 4 is 33.2 Å². The molecule has 0 fully saturated rings. The van der Waals surface area contributed by atoms with Crippen LogP contribution >= 0.6 is 27.3 Å². The Labute approximate surface area is 105 Å². The predicted molar refractivity (Wildman–Crippen MR) is 64.2 cm³/mol. The number of carbonyl (C=O) groups is 1. The van der Waals surface area contributed by atoms with E-state index >= 15 is 0 Å².